The molecule has 5 rings (SSSR count). The van der Waals surface area contributed by atoms with E-state index >= 15 is 0 Å². The highest BCUT2D eigenvalue weighted by molar-refractivity contribution is 6.22. The lowest BCUT2D eigenvalue weighted by Gasteiger charge is -2.32. The number of phenolic OH excluding ortho intramolecular Hbond substituents is 1. The molecule has 2 amide bonds. The molecule has 0 saturated carbocycles. The first kappa shape index (κ1) is 26.8. The van der Waals surface area contributed by atoms with E-state index in [4.69, 9.17) is 4.74 Å². The molecule has 0 bridgehead atoms. The molecule has 2 aliphatic heterocycles. The van der Waals surface area contributed by atoms with Crippen LogP contribution in [-0.4, -0.2) is 34.6 Å². The highest BCUT2D eigenvalue weighted by Gasteiger charge is 2.57. The van der Waals surface area contributed by atoms with Gasteiger partial charge in [0.25, 0.3) is 5.69 Å². The highest BCUT2D eigenvalue weighted by atomic mass is 16.6. The van der Waals surface area contributed by atoms with Gasteiger partial charge in [-0.2, -0.15) is 0 Å². The summed E-state index contributed by atoms with van der Waals surface area (Å²) < 4.78 is 6.33. The molecule has 39 heavy (non-hydrogen) atoms. The van der Waals surface area contributed by atoms with Crippen molar-refractivity contribution in [1.82, 2.24) is 0 Å². The molecule has 3 aliphatic rings. The summed E-state index contributed by atoms with van der Waals surface area (Å²) in [4.78, 5) is 39.2. The van der Waals surface area contributed by atoms with Crippen LogP contribution in [0.25, 0.3) is 6.08 Å². The number of aromatic hydroxyl groups is 1. The molecule has 2 heterocycles. The molecule has 1 N–H and O–H groups in total. The van der Waals surface area contributed by atoms with Crippen molar-refractivity contribution in [2.24, 2.45) is 17.8 Å². The number of benzene rings is 2. The van der Waals surface area contributed by atoms with E-state index in [-0.39, 0.29) is 41.0 Å². The van der Waals surface area contributed by atoms with Crippen LogP contribution in [0.1, 0.15) is 57.9 Å². The topological polar surface area (TPSA) is 110 Å². The number of carbonyl (C=O) groups is 2. The summed E-state index contributed by atoms with van der Waals surface area (Å²) >= 11 is 0. The molecule has 204 valence electrons. The Morgan fingerprint density at radius 1 is 1.13 bits per heavy atom. The van der Waals surface area contributed by atoms with E-state index in [1.54, 1.807) is 18.2 Å². The zero-order chi connectivity index (χ0) is 27.7. The second kappa shape index (κ2) is 11.1. The first-order valence-electron chi connectivity index (χ1n) is 13.8. The second-order valence-corrected chi connectivity index (χ2v) is 10.6. The van der Waals surface area contributed by atoms with Crippen molar-refractivity contribution >= 4 is 29.3 Å². The van der Waals surface area contributed by atoms with Crippen molar-refractivity contribution in [3.8, 4) is 5.75 Å². The van der Waals surface area contributed by atoms with Gasteiger partial charge in [0.1, 0.15) is 5.75 Å². The van der Waals surface area contributed by atoms with Crippen LogP contribution in [0.3, 0.4) is 0 Å². The summed E-state index contributed by atoms with van der Waals surface area (Å²) in [5, 5.41) is 20.9. The minimum absolute atomic E-state index is 0.0953. The molecule has 2 aromatic carbocycles. The van der Waals surface area contributed by atoms with E-state index in [2.05, 4.69) is 19.9 Å². The van der Waals surface area contributed by atoms with Gasteiger partial charge in [0, 0.05) is 18.1 Å². The number of nitro groups is 1. The number of nitro benzene ring substituents is 1. The predicted octanol–water partition coefficient (Wildman–Crippen LogP) is 6.20. The maximum absolute atomic E-state index is 13.7. The number of carbonyl (C=O) groups excluding carboxylic acids is 2. The van der Waals surface area contributed by atoms with Gasteiger partial charge in [-0.25, -0.2) is 4.90 Å². The summed E-state index contributed by atoms with van der Waals surface area (Å²) in [6.45, 7) is 4.65. The highest BCUT2D eigenvalue weighted by Crippen LogP contribution is 2.51. The second-order valence-electron chi connectivity index (χ2n) is 10.6. The third-order valence-corrected chi connectivity index (χ3v) is 8.30. The summed E-state index contributed by atoms with van der Waals surface area (Å²) in [5.41, 5.74) is 4.86. The number of nitrogens with zero attached hydrogens (tertiary/aromatic N) is 2. The molecule has 8 nitrogen and oxygen atoms in total. The minimum Gasteiger partial charge on any atom is -0.508 e. The number of non-ortho nitro benzene ring substituents is 1. The molecule has 1 aliphatic carbocycles. The summed E-state index contributed by atoms with van der Waals surface area (Å²) in [7, 11) is 0. The van der Waals surface area contributed by atoms with Gasteiger partial charge < -0.3 is 9.84 Å². The van der Waals surface area contributed by atoms with Gasteiger partial charge in [-0.15, -0.1) is 0 Å². The number of hydrogen-bond donors (Lipinski definition) is 1. The smallest absolute Gasteiger partial charge is 0.271 e. The number of amides is 2. The number of allylic oxidation sites excluding steroid dienone is 2. The fourth-order valence-electron chi connectivity index (χ4n) is 6.49. The van der Waals surface area contributed by atoms with Crippen LogP contribution in [0.15, 0.2) is 65.3 Å². The van der Waals surface area contributed by atoms with Crippen LogP contribution in [0, 0.1) is 27.9 Å². The summed E-state index contributed by atoms with van der Waals surface area (Å²) in [5.74, 6) is -1.43. The molecule has 4 atom stereocenters. The molecule has 0 unspecified atom stereocenters. The Kier molecular flexibility index (Phi) is 7.66. The van der Waals surface area contributed by atoms with Crippen LogP contribution in [0.5, 0.6) is 5.75 Å². The molecule has 0 aromatic heterocycles. The Balaban J connectivity index is 1.39. The number of anilines is 1. The molecule has 8 heteroatoms. The van der Waals surface area contributed by atoms with Crippen LogP contribution < -0.4 is 4.90 Å². The van der Waals surface area contributed by atoms with Gasteiger partial charge in [-0.05, 0) is 61.4 Å². The fourth-order valence-corrected chi connectivity index (χ4v) is 6.49. The molecule has 2 saturated heterocycles. The maximum atomic E-state index is 13.7. The van der Waals surface area contributed by atoms with E-state index < -0.39 is 16.8 Å². The number of phenols is 1. The number of imide groups is 1. The summed E-state index contributed by atoms with van der Waals surface area (Å²) in [6, 6.07) is 12.9. The van der Waals surface area contributed by atoms with Crippen LogP contribution >= 0.6 is 0 Å². The zero-order valence-electron chi connectivity index (χ0n) is 22.3. The maximum Gasteiger partial charge on any atom is 0.271 e. The first-order chi connectivity index (χ1) is 18.8. The predicted molar refractivity (Wildman–Crippen MR) is 148 cm³/mol. The quantitative estimate of drug-likeness (QED) is 0.179. The third kappa shape index (κ3) is 5.13. The Hall–Kier alpha value is -3.78. The largest absolute Gasteiger partial charge is 0.508 e. The van der Waals surface area contributed by atoms with Crippen LogP contribution in [0.2, 0.25) is 0 Å². The van der Waals surface area contributed by atoms with Crippen molar-refractivity contribution in [2.75, 3.05) is 11.5 Å². The van der Waals surface area contributed by atoms with Gasteiger partial charge in [0.15, 0.2) is 0 Å². The number of fused-ring (bicyclic) bond motifs is 3. The number of ether oxygens (including phenoxy) is 1. The normalized spacial score (nSPS) is 24.8. The molecule has 2 aromatic rings. The van der Waals surface area contributed by atoms with E-state index in [9.17, 15) is 24.8 Å². The first-order valence-corrected chi connectivity index (χ1v) is 13.8. The van der Waals surface area contributed by atoms with E-state index in [1.165, 1.54) is 34.9 Å². The van der Waals surface area contributed by atoms with Crippen molar-refractivity contribution in [3.63, 3.8) is 0 Å². The van der Waals surface area contributed by atoms with Gasteiger partial charge >= 0.3 is 0 Å². The lowest BCUT2D eigenvalue weighted by molar-refractivity contribution is -0.384. The zero-order valence-corrected chi connectivity index (χ0v) is 22.3. The molecule has 0 radical (unpaired) electrons. The Morgan fingerprint density at radius 2 is 1.90 bits per heavy atom. The van der Waals surface area contributed by atoms with Gasteiger partial charge in [-0.1, -0.05) is 55.7 Å². The number of hydrogen-bond acceptors (Lipinski definition) is 6. The van der Waals surface area contributed by atoms with Gasteiger partial charge in [0.05, 0.1) is 35.2 Å². The third-order valence-electron chi connectivity index (χ3n) is 8.30. The Labute approximate surface area is 228 Å². The minimum atomic E-state index is -0.517. The average Bonchev–Trinajstić information content (AvgIpc) is 3.46. The van der Waals surface area contributed by atoms with Crippen molar-refractivity contribution < 1.29 is 24.4 Å². The van der Waals surface area contributed by atoms with E-state index in [1.807, 2.05) is 12.1 Å². The van der Waals surface area contributed by atoms with E-state index in [0.717, 1.165) is 42.6 Å². The molecule has 2 fully saturated rings. The Bertz CT molecular complexity index is 1350. The van der Waals surface area contributed by atoms with Gasteiger partial charge in [-0.3, -0.25) is 19.7 Å². The molecule has 0 spiro atoms. The van der Waals surface area contributed by atoms with Crippen LogP contribution in [0.4, 0.5) is 11.4 Å². The fraction of sp³-hybridized carbons (Fsp3) is 0.419. The van der Waals surface area contributed by atoms with Gasteiger partial charge in [0.2, 0.25) is 11.8 Å². The SMILES string of the molecule is CCCC1=C2[C@@H](CC/C(=C/c3ccc(O)cc3)CC)OC[C@@H]2[C@@H]2C(=O)N(c3cccc([N+](=O)[O-])c3)C(=O)[C@@H]2C1. The average molecular weight is 531 g/mol. The van der Waals surface area contributed by atoms with Crippen molar-refractivity contribution in [3.05, 3.63) is 80.9 Å². The molecular formula is C31H34N2O6. The van der Waals surface area contributed by atoms with Crippen molar-refractivity contribution in [2.45, 2.75) is 58.5 Å². The molecular weight excluding hydrogens is 496 g/mol. The van der Waals surface area contributed by atoms with E-state index in [0.29, 0.717) is 13.0 Å². The van der Waals surface area contributed by atoms with Crippen LogP contribution in [-0.2, 0) is 14.3 Å². The standard InChI is InChI=1S/C31H34N2O6/c1-3-6-21-16-25-29(31(36)32(30(25)35)22-7-5-8-23(17-22)33(37)38)26-18-39-27(28(21)26)14-11-19(4-2)15-20-9-12-24(34)13-10-20/h5,7-10,12-13,15,17,25-27,29,34H,3-4,6,11,14,16,18H2,1-2H3/b19-15+/t25-,26+,27-,29-/m1/s1. The van der Waals surface area contributed by atoms with Crippen molar-refractivity contribution in [1.29, 1.82) is 0 Å². The lowest BCUT2D eigenvalue weighted by Crippen LogP contribution is -2.34. The lowest BCUT2D eigenvalue weighted by atomic mass is 9.68. The monoisotopic (exact) mass is 530 g/mol. The summed E-state index contributed by atoms with van der Waals surface area (Å²) in [6.07, 6.45) is 6.92. The number of rotatable bonds is 9. The Morgan fingerprint density at radius 3 is 2.59 bits per heavy atom.